The number of rotatable bonds is 4. The van der Waals surface area contributed by atoms with E-state index in [-0.39, 0.29) is 0 Å². The maximum atomic E-state index is 3.57. The van der Waals surface area contributed by atoms with Gasteiger partial charge in [0.2, 0.25) is 0 Å². The van der Waals surface area contributed by atoms with Gasteiger partial charge in [0.15, 0.2) is 0 Å². The number of aryl methyl sites for hydroxylation is 2. The van der Waals surface area contributed by atoms with E-state index < -0.39 is 0 Å². The molecule has 0 bridgehead atoms. The average Bonchev–Trinajstić information content (AvgIpc) is 2.89. The first-order chi connectivity index (χ1) is 7.72. The number of nitrogens with one attached hydrogen (secondary N) is 1. The minimum absolute atomic E-state index is 0.407. The van der Waals surface area contributed by atoms with E-state index in [1.54, 1.807) is 0 Å². The Bertz CT molecular complexity index is 423. The second kappa shape index (κ2) is 4.74. The minimum atomic E-state index is 0.407. The van der Waals surface area contributed by atoms with Crippen molar-refractivity contribution in [2.45, 2.75) is 33.2 Å². The molecule has 0 saturated heterocycles. The molecule has 0 aliphatic heterocycles. The number of hydrogen-bond acceptors (Lipinski definition) is 2. The molecule has 0 spiro atoms. The highest BCUT2D eigenvalue weighted by Crippen LogP contribution is 2.23. The fraction of sp³-hybridized carbons (Fsp3) is 0.385. The van der Waals surface area contributed by atoms with E-state index in [1.165, 1.54) is 16.3 Å². The molecule has 0 radical (unpaired) electrons. The average molecular weight is 234 g/mol. The molecular weight excluding hydrogens is 216 g/mol. The van der Waals surface area contributed by atoms with Gasteiger partial charge >= 0.3 is 0 Å². The van der Waals surface area contributed by atoms with Gasteiger partial charge in [-0.2, -0.15) is 0 Å². The quantitative estimate of drug-likeness (QED) is 0.850. The molecule has 1 N–H and O–H groups in total. The van der Waals surface area contributed by atoms with E-state index in [0.29, 0.717) is 6.04 Å². The van der Waals surface area contributed by atoms with Gasteiger partial charge in [0.05, 0.1) is 6.04 Å². The summed E-state index contributed by atoms with van der Waals surface area (Å²) in [5.41, 5.74) is 6.09. The molecule has 0 saturated carbocycles. The normalized spacial score (nSPS) is 12.7. The molecule has 86 valence electrons. The van der Waals surface area contributed by atoms with Crippen LogP contribution in [0, 0.1) is 13.8 Å². The van der Waals surface area contributed by atoms with Crippen LogP contribution in [0.5, 0.6) is 0 Å². The molecule has 2 aromatic rings. The molecule has 1 unspecified atom stereocenters. The van der Waals surface area contributed by atoms with E-state index >= 15 is 0 Å². The standard InChI is InChI=1S/C13H18N2S/c1-4-12(13-6-5-9-16-13)14-15-10(2)7-8-11(15)3/h5-9,12,14H,4H2,1-3H3. The van der Waals surface area contributed by atoms with Crippen LogP contribution in [0.4, 0.5) is 0 Å². The van der Waals surface area contributed by atoms with Gasteiger partial charge < -0.3 is 5.43 Å². The molecule has 16 heavy (non-hydrogen) atoms. The Kier molecular flexibility index (Phi) is 3.34. The molecule has 2 heterocycles. The fourth-order valence-electron chi connectivity index (χ4n) is 1.87. The molecule has 0 aliphatic carbocycles. The molecule has 3 heteroatoms. The summed E-state index contributed by atoms with van der Waals surface area (Å²) < 4.78 is 2.17. The first-order valence-corrected chi connectivity index (χ1v) is 6.55. The lowest BCUT2D eigenvalue weighted by Gasteiger charge is -2.20. The lowest BCUT2D eigenvalue weighted by molar-refractivity contribution is 0.645. The van der Waals surface area contributed by atoms with Crippen LogP contribution < -0.4 is 5.43 Å². The van der Waals surface area contributed by atoms with E-state index in [9.17, 15) is 0 Å². The zero-order valence-electron chi connectivity index (χ0n) is 10.0. The summed E-state index contributed by atoms with van der Waals surface area (Å²) in [6.45, 7) is 6.47. The Labute approximate surface area is 101 Å². The number of aromatic nitrogens is 1. The lowest BCUT2D eigenvalue weighted by Crippen LogP contribution is -2.21. The highest BCUT2D eigenvalue weighted by Gasteiger charge is 2.11. The molecular formula is C13H18N2S. The van der Waals surface area contributed by atoms with Gasteiger partial charge in [0, 0.05) is 16.3 Å². The second-order valence-corrected chi connectivity index (χ2v) is 5.04. The van der Waals surface area contributed by atoms with Crippen LogP contribution in [0.2, 0.25) is 0 Å². The van der Waals surface area contributed by atoms with E-state index in [0.717, 1.165) is 6.42 Å². The van der Waals surface area contributed by atoms with Crippen LogP contribution in [0.3, 0.4) is 0 Å². The van der Waals surface area contributed by atoms with E-state index in [2.05, 4.69) is 60.5 Å². The number of nitrogens with zero attached hydrogens (tertiary/aromatic N) is 1. The topological polar surface area (TPSA) is 17.0 Å². The molecule has 2 nitrogen and oxygen atoms in total. The van der Waals surface area contributed by atoms with Gasteiger partial charge in [0.25, 0.3) is 0 Å². The summed E-state index contributed by atoms with van der Waals surface area (Å²) in [5, 5.41) is 2.13. The Morgan fingerprint density at radius 2 is 1.94 bits per heavy atom. The fourth-order valence-corrected chi connectivity index (χ4v) is 2.73. The van der Waals surface area contributed by atoms with E-state index in [4.69, 9.17) is 0 Å². The van der Waals surface area contributed by atoms with Crippen molar-refractivity contribution in [3.05, 3.63) is 45.9 Å². The first kappa shape index (κ1) is 11.3. The lowest BCUT2D eigenvalue weighted by atomic mass is 10.2. The number of thiophene rings is 1. The summed E-state index contributed by atoms with van der Waals surface area (Å²) in [6, 6.07) is 9.00. The molecule has 0 aliphatic rings. The third-order valence-corrected chi connectivity index (χ3v) is 3.84. The van der Waals surface area contributed by atoms with Crippen molar-refractivity contribution in [2.75, 3.05) is 5.43 Å². The summed E-state index contributed by atoms with van der Waals surface area (Å²) in [7, 11) is 0. The smallest absolute Gasteiger partial charge is 0.0763 e. The zero-order chi connectivity index (χ0) is 11.5. The maximum Gasteiger partial charge on any atom is 0.0763 e. The second-order valence-electron chi connectivity index (χ2n) is 4.06. The zero-order valence-corrected chi connectivity index (χ0v) is 10.8. The van der Waals surface area contributed by atoms with Crippen LogP contribution in [-0.2, 0) is 0 Å². The van der Waals surface area contributed by atoms with Gasteiger partial charge in [-0.25, -0.2) is 0 Å². The summed E-state index contributed by atoms with van der Waals surface area (Å²) in [6.07, 6.45) is 1.09. The van der Waals surface area contributed by atoms with Crippen molar-refractivity contribution in [2.24, 2.45) is 0 Å². The Morgan fingerprint density at radius 3 is 2.44 bits per heavy atom. The first-order valence-electron chi connectivity index (χ1n) is 5.67. The van der Waals surface area contributed by atoms with Crippen LogP contribution in [0.1, 0.15) is 35.7 Å². The maximum absolute atomic E-state index is 3.57. The third-order valence-electron chi connectivity index (χ3n) is 2.85. The third kappa shape index (κ3) is 2.14. The summed E-state index contributed by atoms with van der Waals surface area (Å²) in [5.74, 6) is 0. The van der Waals surface area contributed by atoms with Crippen molar-refractivity contribution in [1.29, 1.82) is 0 Å². The van der Waals surface area contributed by atoms with Crippen LogP contribution in [0.25, 0.3) is 0 Å². The largest absolute Gasteiger partial charge is 0.318 e. The Hall–Kier alpha value is -1.22. The molecule has 2 aromatic heterocycles. The van der Waals surface area contributed by atoms with Gasteiger partial charge in [-0.15, -0.1) is 11.3 Å². The van der Waals surface area contributed by atoms with Crippen LogP contribution in [0.15, 0.2) is 29.6 Å². The SMILES string of the molecule is CCC(Nn1c(C)ccc1C)c1cccs1. The Morgan fingerprint density at radius 1 is 1.25 bits per heavy atom. The van der Waals surface area contributed by atoms with Crippen LogP contribution in [-0.4, -0.2) is 4.68 Å². The molecule has 0 amide bonds. The molecule has 0 aromatic carbocycles. The van der Waals surface area contributed by atoms with Crippen LogP contribution >= 0.6 is 11.3 Å². The van der Waals surface area contributed by atoms with Crippen molar-refractivity contribution in [3.63, 3.8) is 0 Å². The predicted octanol–water partition coefficient (Wildman–Crippen LogP) is 3.86. The minimum Gasteiger partial charge on any atom is -0.318 e. The van der Waals surface area contributed by atoms with Crippen molar-refractivity contribution in [3.8, 4) is 0 Å². The highest BCUT2D eigenvalue weighted by atomic mass is 32.1. The summed E-state index contributed by atoms with van der Waals surface area (Å²) >= 11 is 1.81. The van der Waals surface area contributed by atoms with Gasteiger partial charge in [-0.3, -0.25) is 4.68 Å². The Balaban J connectivity index is 2.20. The molecule has 1 atom stereocenters. The van der Waals surface area contributed by atoms with Gasteiger partial charge in [-0.1, -0.05) is 13.0 Å². The molecule has 2 rings (SSSR count). The summed E-state index contributed by atoms with van der Waals surface area (Å²) in [4.78, 5) is 1.40. The monoisotopic (exact) mass is 234 g/mol. The molecule has 0 fully saturated rings. The predicted molar refractivity (Wildman–Crippen MR) is 70.6 cm³/mol. The van der Waals surface area contributed by atoms with Crippen molar-refractivity contribution < 1.29 is 0 Å². The van der Waals surface area contributed by atoms with Gasteiger partial charge in [0.1, 0.15) is 0 Å². The van der Waals surface area contributed by atoms with Crippen molar-refractivity contribution >= 4 is 11.3 Å². The highest BCUT2D eigenvalue weighted by molar-refractivity contribution is 7.10. The number of hydrogen-bond donors (Lipinski definition) is 1. The van der Waals surface area contributed by atoms with Gasteiger partial charge in [-0.05, 0) is 43.8 Å². The van der Waals surface area contributed by atoms with E-state index in [1.807, 2.05) is 11.3 Å². The van der Waals surface area contributed by atoms with Crippen molar-refractivity contribution in [1.82, 2.24) is 4.68 Å².